The van der Waals surface area contributed by atoms with Gasteiger partial charge in [-0.3, -0.25) is 57.8 Å². The first kappa shape index (κ1) is 70.5. The SMILES string of the molecule is C.C.C/C=C/c1cc(C)cc(C(=O)c2c(C(C)C)c(=O)[nH]c(=O)n2Cc2ccnc(N)c2)c1.Cc1cc(/C=C/C#N)cc(C(=O)c2[nH]c(=O)[nH]c(=O)c2C(C)C)c1.Cc1cc(/C=C/C#N)cc(C(=O)c2c(C(C)C)c(=O)[nH]c(=O)n2Cc2ccnc(C)c2)c1. The number of allylic oxidation sites excluding steroid dienone is 3. The maximum atomic E-state index is 13.7. The summed E-state index contributed by atoms with van der Waals surface area (Å²) in [6, 6.07) is 26.6. The third-order valence-electron chi connectivity index (χ3n) is 13.5. The average molecular weight is 1200 g/mol. The van der Waals surface area contributed by atoms with Gasteiger partial charge in [0.25, 0.3) is 16.7 Å². The lowest BCUT2D eigenvalue weighted by molar-refractivity contribution is 0.101. The molecule has 0 atom stereocenters. The minimum atomic E-state index is -0.718. The highest BCUT2D eigenvalue weighted by atomic mass is 16.2. The van der Waals surface area contributed by atoms with Gasteiger partial charge in [-0.2, -0.15) is 10.5 Å². The highest BCUT2D eigenvalue weighted by Crippen LogP contribution is 2.25. The normalized spacial score (nSPS) is 10.9. The fourth-order valence-corrected chi connectivity index (χ4v) is 9.92. The number of aromatic nitrogens is 8. The van der Waals surface area contributed by atoms with E-state index in [0.717, 1.165) is 33.5 Å². The second-order valence-corrected chi connectivity index (χ2v) is 21.6. The van der Waals surface area contributed by atoms with Gasteiger partial charge >= 0.3 is 17.1 Å². The van der Waals surface area contributed by atoms with Crippen molar-refractivity contribution in [3.8, 4) is 12.1 Å². The van der Waals surface area contributed by atoms with Crippen LogP contribution in [0.1, 0.15) is 196 Å². The van der Waals surface area contributed by atoms with Crippen molar-refractivity contribution < 1.29 is 14.4 Å². The van der Waals surface area contributed by atoms with E-state index in [1.54, 1.807) is 86.8 Å². The summed E-state index contributed by atoms with van der Waals surface area (Å²) in [6.45, 7) is 20.3. The maximum absolute atomic E-state index is 13.7. The topological polar surface area (TPSA) is 326 Å². The van der Waals surface area contributed by atoms with Crippen molar-refractivity contribution in [3.63, 3.8) is 0 Å². The maximum Gasteiger partial charge on any atom is 0.329 e. The Balaban J connectivity index is 0.000000285. The first-order valence-electron chi connectivity index (χ1n) is 27.7. The number of pyridine rings is 2. The first-order chi connectivity index (χ1) is 41.2. The number of hydrogen-bond donors (Lipinski definition) is 5. The predicted octanol–water partition coefficient (Wildman–Crippen LogP) is 10.3. The van der Waals surface area contributed by atoms with Gasteiger partial charge in [0.1, 0.15) is 17.2 Å². The first-order valence-corrected chi connectivity index (χ1v) is 27.7. The number of carbonyl (C=O) groups excluding carboxylic acids is 3. The van der Waals surface area contributed by atoms with Crippen molar-refractivity contribution in [1.82, 2.24) is 39.0 Å². The molecule has 0 saturated heterocycles. The Bertz CT molecular complexity index is 4530. The molecule has 0 aliphatic rings. The van der Waals surface area contributed by atoms with E-state index in [2.05, 4.69) is 29.9 Å². The summed E-state index contributed by atoms with van der Waals surface area (Å²) in [5, 5.41) is 17.5. The van der Waals surface area contributed by atoms with E-state index < -0.39 is 45.3 Å². The summed E-state index contributed by atoms with van der Waals surface area (Å²) in [6.07, 6.45) is 12.8. The number of H-pyrrole nitrogens is 4. The number of nitrogens with zero attached hydrogens (tertiary/aromatic N) is 6. The van der Waals surface area contributed by atoms with Gasteiger partial charge in [0.2, 0.25) is 17.3 Å². The predicted molar refractivity (Wildman–Crippen MR) is 350 cm³/mol. The third kappa shape index (κ3) is 17.8. The number of aromatic amines is 4. The Hall–Kier alpha value is -11.0. The number of nitriles is 2. The van der Waals surface area contributed by atoms with Gasteiger partial charge in [-0.25, -0.2) is 19.4 Å². The Morgan fingerprint density at radius 3 is 1.31 bits per heavy atom. The molecule has 89 heavy (non-hydrogen) atoms. The number of hydrogen-bond acceptors (Lipinski definition) is 14. The van der Waals surface area contributed by atoms with E-state index in [0.29, 0.717) is 39.2 Å². The van der Waals surface area contributed by atoms with E-state index in [9.17, 15) is 43.2 Å². The molecule has 0 spiro atoms. The molecule has 0 aliphatic heterocycles. The number of rotatable bonds is 16. The largest absolute Gasteiger partial charge is 0.384 e. The molecule has 0 unspecified atom stereocenters. The zero-order chi connectivity index (χ0) is 64.0. The fourth-order valence-electron chi connectivity index (χ4n) is 9.92. The standard InChI is InChI=1S/C25H24N4O3.C24H26N4O3.C18H17N3O3.2CH4/c1-15(2)21-22(23(30)20-11-16(3)10-18(13-20)6-5-8-26)29(25(32)28-24(21)31)14-19-7-9-27-17(4)12-19;1-5-6-16-9-15(4)10-18(11-16)22(29)21-20(14(2)3)23(30)27-24(31)28(21)13-17-7-8-26-19(25)12-17;1-10(2)14-15(20-18(24)21-17(14)23)16(22)13-8-11(3)7-12(9-13)5-4-6-19;;/h5-7,9-13,15H,14H2,1-4H3,(H,28,31,32);5-12,14H,13H2,1-4H3,(H2,25,26)(H,27,30,31);4-5,7-10H,1-3H3,(H2,20,21,23,24);2*1H4/b2*6-5+;5-4+;;. The molecule has 0 saturated carbocycles. The van der Waals surface area contributed by atoms with E-state index in [1.807, 2.05) is 111 Å². The Labute approximate surface area is 515 Å². The minimum Gasteiger partial charge on any atom is -0.384 e. The molecule has 0 bridgehead atoms. The van der Waals surface area contributed by atoms with E-state index in [-0.39, 0.29) is 85.3 Å². The zero-order valence-corrected chi connectivity index (χ0v) is 50.2. The quantitative estimate of drug-likeness (QED) is 0.0444. The lowest BCUT2D eigenvalue weighted by atomic mass is 9.95. The molecule has 20 nitrogen and oxygen atoms in total. The van der Waals surface area contributed by atoms with Gasteiger partial charge in [0.05, 0.1) is 30.9 Å². The van der Waals surface area contributed by atoms with Crippen LogP contribution in [0.3, 0.4) is 0 Å². The van der Waals surface area contributed by atoms with Crippen LogP contribution in [-0.2, 0) is 13.1 Å². The highest BCUT2D eigenvalue weighted by Gasteiger charge is 2.27. The molecule has 5 heterocycles. The molecule has 8 aromatic rings. The molecule has 0 aliphatic carbocycles. The summed E-state index contributed by atoms with van der Waals surface area (Å²) >= 11 is 0. The lowest BCUT2D eigenvalue weighted by Gasteiger charge is -2.18. The number of carbonyl (C=O) groups is 3. The van der Waals surface area contributed by atoms with Crippen LogP contribution >= 0.6 is 0 Å². The number of nitrogens with one attached hydrogen (secondary N) is 4. The molecule has 8 rings (SSSR count). The third-order valence-corrected chi connectivity index (χ3v) is 13.5. The molecule has 0 radical (unpaired) electrons. The van der Waals surface area contributed by atoms with Crippen molar-refractivity contribution in [2.75, 3.05) is 5.73 Å². The smallest absolute Gasteiger partial charge is 0.329 e. The van der Waals surface area contributed by atoms with Gasteiger partial charge in [-0.1, -0.05) is 86.7 Å². The van der Waals surface area contributed by atoms with Crippen molar-refractivity contribution in [2.24, 2.45) is 0 Å². The van der Waals surface area contributed by atoms with E-state index in [1.165, 1.54) is 27.5 Å². The number of benzene rings is 3. The van der Waals surface area contributed by atoms with Crippen LogP contribution < -0.4 is 39.5 Å². The highest BCUT2D eigenvalue weighted by molar-refractivity contribution is 6.10. The molecule has 0 fully saturated rings. The molecule has 460 valence electrons. The van der Waals surface area contributed by atoms with Gasteiger partial charge in [0, 0.05) is 63.6 Å². The van der Waals surface area contributed by atoms with Crippen molar-refractivity contribution >= 4 is 41.4 Å². The number of nitrogens with two attached hydrogens (primary N) is 1. The average Bonchev–Trinajstić information content (AvgIpc) is 1.11. The minimum absolute atomic E-state index is 0. The van der Waals surface area contributed by atoms with Crippen LogP contribution in [0.2, 0.25) is 0 Å². The summed E-state index contributed by atoms with van der Waals surface area (Å²) in [5.41, 5.74) is 11.2. The van der Waals surface area contributed by atoms with Gasteiger partial charge in [0.15, 0.2) is 0 Å². The molecule has 3 aromatic carbocycles. The monoisotopic (exact) mass is 1200 g/mol. The number of aryl methyl sites for hydroxylation is 4. The van der Waals surface area contributed by atoms with Crippen molar-refractivity contribution in [3.05, 3.63) is 273 Å². The van der Waals surface area contributed by atoms with Crippen LogP contribution in [0.25, 0.3) is 18.2 Å². The Kier molecular flexibility index (Phi) is 24.9. The summed E-state index contributed by atoms with van der Waals surface area (Å²) < 4.78 is 2.63. The van der Waals surface area contributed by atoms with Crippen molar-refractivity contribution in [1.29, 1.82) is 10.5 Å². The number of nitrogen functional groups attached to an aromatic ring is 1. The van der Waals surface area contributed by atoms with Crippen LogP contribution in [0, 0.1) is 50.4 Å². The van der Waals surface area contributed by atoms with Crippen LogP contribution in [0.5, 0.6) is 0 Å². The number of anilines is 1. The van der Waals surface area contributed by atoms with Crippen molar-refractivity contribution in [2.45, 2.75) is 122 Å². The van der Waals surface area contributed by atoms with Gasteiger partial charge in [-0.15, -0.1) is 0 Å². The van der Waals surface area contributed by atoms with Crippen LogP contribution in [0.4, 0.5) is 5.82 Å². The molecular weight excluding hydrogens is 1130 g/mol. The van der Waals surface area contributed by atoms with Gasteiger partial charge < -0.3 is 10.7 Å². The fraction of sp³-hybridized carbons (Fsp3) is 0.261. The molecule has 20 heteroatoms. The lowest BCUT2D eigenvalue weighted by Crippen LogP contribution is -2.38. The Morgan fingerprint density at radius 1 is 0.528 bits per heavy atom. The molecule has 0 amide bonds. The molecule has 6 N–H and O–H groups in total. The Morgan fingerprint density at radius 2 is 0.921 bits per heavy atom. The second-order valence-electron chi connectivity index (χ2n) is 21.6. The molecule has 5 aromatic heterocycles. The summed E-state index contributed by atoms with van der Waals surface area (Å²) in [7, 11) is 0. The van der Waals surface area contributed by atoms with E-state index in [4.69, 9.17) is 16.3 Å². The van der Waals surface area contributed by atoms with Crippen LogP contribution in [-0.4, -0.2) is 56.4 Å². The zero-order valence-electron chi connectivity index (χ0n) is 50.2. The second kappa shape index (κ2) is 31.4. The van der Waals surface area contributed by atoms with E-state index >= 15 is 0 Å². The van der Waals surface area contributed by atoms with Gasteiger partial charge in [-0.05, 0) is 170 Å². The molecular formula is C69H75N11O9. The van der Waals surface area contributed by atoms with Crippen LogP contribution in [0.15, 0.2) is 138 Å². The number of ketones is 3. The summed E-state index contributed by atoms with van der Waals surface area (Å²) in [4.78, 5) is 132. The summed E-state index contributed by atoms with van der Waals surface area (Å²) in [5.74, 6) is -1.70.